The molecule has 0 aromatic heterocycles. The molecule has 100 valence electrons. The fourth-order valence-electron chi connectivity index (χ4n) is 1.45. The van der Waals surface area contributed by atoms with Gasteiger partial charge in [-0.05, 0) is 42.0 Å². The molecule has 0 radical (unpaired) electrons. The van der Waals surface area contributed by atoms with E-state index in [1.165, 1.54) is 12.1 Å². The summed E-state index contributed by atoms with van der Waals surface area (Å²) in [4.78, 5) is 0.0603. The van der Waals surface area contributed by atoms with Crippen molar-refractivity contribution in [3.63, 3.8) is 0 Å². The molecule has 2 aromatic carbocycles. The minimum absolute atomic E-state index is 0.0603. The molecule has 0 unspecified atom stereocenters. The van der Waals surface area contributed by atoms with Crippen LogP contribution in [-0.2, 0) is 15.7 Å². The minimum Gasteiger partial charge on any atom is -0.489 e. The summed E-state index contributed by atoms with van der Waals surface area (Å²) in [6.07, 6.45) is 0. The molecule has 0 N–H and O–H groups in total. The maximum atomic E-state index is 11.1. The SMILES string of the molecule is O=S(=O)(Cl)c1ccc(OCc2ccc(Br)cc2)cc1. The first-order valence-electron chi connectivity index (χ1n) is 5.37. The highest BCUT2D eigenvalue weighted by molar-refractivity contribution is 9.10. The summed E-state index contributed by atoms with van der Waals surface area (Å²) in [6.45, 7) is 0.417. The quantitative estimate of drug-likeness (QED) is 0.774. The van der Waals surface area contributed by atoms with Crippen LogP contribution < -0.4 is 4.74 Å². The second kappa shape index (κ2) is 5.94. The van der Waals surface area contributed by atoms with Crippen molar-refractivity contribution in [2.45, 2.75) is 11.5 Å². The van der Waals surface area contributed by atoms with Crippen LogP contribution in [-0.4, -0.2) is 8.42 Å². The van der Waals surface area contributed by atoms with Gasteiger partial charge in [0.15, 0.2) is 0 Å². The van der Waals surface area contributed by atoms with Gasteiger partial charge in [-0.2, -0.15) is 0 Å². The molecular formula is C13H10BrClO3S. The molecule has 0 aliphatic heterocycles. The molecule has 0 bridgehead atoms. The number of ether oxygens (including phenoxy) is 1. The normalized spacial score (nSPS) is 11.3. The van der Waals surface area contributed by atoms with Crippen LogP contribution in [0.3, 0.4) is 0 Å². The van der Waals surface area contributed by atoms with E-state index in [9.17, 15) is 8.42 Å². The van der Waals surface area contributed by atoms with Gasteiger partial charge in [-0.15, -0.1) is 0 Å². The Morgan fingerprint density at radius 3 is 2.11 bits per heavy atom. The fraction of sp³-hybridized carbons (Fsp3) is 0.0769. The van der Waals surface area contributed by atoms with E-state index in [1.807, 2.05) is 24.3 Å². The average molecular weight is 362 g/mol. The van der Waals surface area contributed by atoms with Crippen LogP contribution in [0.25, 0.3) is 0 Å². The Morgan fingerprint density at radius 2 is 1.58 bits per heavy atom. The lowest BCUT2D eigenvalue weighted by atomic mass is 10.2. The van der Waals surface area contributed by atoms with Gasteiger partial charge in [0.1, 0.15) is 12.4 Å². The lowest BCUT2D eigenvalue weighted by molar-refractivity contribution is 0.306. The Hall–Kier alpha value is -1.04. The molecule has 0 aliphatic carbocycles. The molecule has 0 aliphatic rings. The van der Waals surface area contributed by atoms with Crippen LogP contribution in [0, 0.1) is 0 Å². The van der Waals surface area contributed by atoms with Gasteiger partial charge in [0, 0.05) is 15.2 Å². The first-order chi connectivity index (χ1) is 8.95. The van der Waals surface area contributed by atoms with Crippen LogP contribution in [0.15, 0.2) is 57.9 Å². The van der Waals surface area contributed by atoms with Crippen LogP contribution >= 0.6 is 26.6 Å². The molecular weight excluding hydrogens is 352 g/mol. The molecule has 0 saturated carbocycles. The summed E-state index contributed by atoms with van der Waals surface area (Å²) in [5, 5.41) is 0. The van der Waals surface area contributed by atoms with Gasteiger partial charge in [0.25, 0.3) is 9.05 Å². The summed E-state index contributed by atoms with van der Waals surface area (Å²) in [5.41, 5.74) is 1.03. The van der Waals surface area contributed by atoms with Gasteiger partial charge in [-0.25, -0.2) is 8.42 Å². The van der Waals surface area contributed by atoms with E-state index in [0.717, 1.165) is 10.0 Å². The van der Waals surface area contributed by atoms with E-state index in [2.05, 4.69) is 15.9 Å². The van der Waals surface area contributed by atoms with Crippen molar-refractivity contribution in [3.8, 4) is 5.75 Å². The smallest absolute Gasteiger partial charge is 0.261 e. The Morgan fingerprint density at radius 1 is 1.00 bits per heavy atom. The van der Waals surface area contributed by atoms with E-state index >= 15 is 0 Å². The zero-order valence-corrected chi connectivity index (χ0v) is 12.9. The Bertz CT molecular complexity index is 651. The summed E-state index contributed by atoms with van der Waals surface area (Å²) in [5.74, 6) is 0.590. The summed E-state index contributed by atoms with van der Waals surface area (Å²) in [6, 6.07) is 13.7. The van der Waals surface area contributed by atoms with Gasteiger partial charge in [-0.3, -0.25) is 0 Å². The second-order valence-corrected chi connectivity index (χ2v) is 7.31. The predicted molar refractivity (Wildman–Crippen MR) is 78.0 cm³/mol. The second-order valence-electron chi connectivity index (χ2n) is 3.82. The van der Waals surface area contributed by atoms with Gasteiger partial charge in [-0.1, -0.05) is 28.1 Å². The van der Waals surface area contributed by atoms with Crippen molar-refractivity contribution in [1.82, 2.24) is 0 Å². The molecule has 0 amide bonds. The molecule has 0 spiro atoms. The van der Waals surface area contributed by atoms with Crippen molar-refractivity contribution in [2.75, 3.05) is 0 Å². The van der Waals surface area contributed by atoms with Crippen LogP contribution in [0.2, 0.25) is 0 Å². The lowest BCUT2D eigenvalue weighted by Crippen LogP contribution is -1.96. The van der Waals surface area contributed by atoms with Crippen LogP contribution in [0.1, 0.15) is 5.56 Å². The molecule has 6 heteroatoms. The van der Waals surface area contributed by atoms with Gasteiger partial charge >= 0.3 is 0 Å². The van der Waals surface area contributed by atoms with Crippen LogP contribution in [0.4, 0.5) is 0 Å². The highest BCUT2D eigenvalue weighted by Gasteiger charge is 2.09. The molecule has 0 heterocycles. The van der Waals surface area contributed by atoms with Crippen molar-refractivity contribution < 1.29 is 13.2 Å². The highest BCUT2D eigenvalue weighted by Crippen LogP contribution is 2.20. The van der Waals surface area contributed by atoms with Crippen molar-refractivity contribution >= 4 is 35.7 Å². The highest BCUT2D eigenvalue weighted by atomic mass is 79.9. The summed E-state index contributed by atoms with van der Waals surface area (Å²) in [7, 11) is 1.55. The largest absolute Gasteiger partial charge is 0.489 e. The average Bonchev–Trinajstić information content (AvgIpc) is 2.37. The number of benzene rings is 2. The molecule has 2 aromatic rings. The van der Waals surface area contributed by atoms with E-state index < -0.39 is 9.05 Å². The monoisotopic (exact) mass is 360 g/mol. The first kappa shape index (κ1) is 14.4. The van der Waals surface area contributed by atoms with Crippen molar-refractivity contribution in [3.05, 3.63) is 58.6 Å². The summed E-state index contributed by atoms with van der Waals surface area (Å²) >= 11 is 3.36. The Kier molecular flexibility index (Phi) is 4.50. The number of halogens is 2. The number of hydrogen-bond acceptors (Lipinski definition) is 3. The molecule has 0 saturated heterocycles. The van der Waals surface area contributed by atoms with E-state index in [0.29, 0.717) is 12.4 Å². The fourth-order valence-corrected chi connectivity index (χ4v) is 2.48. The third-order valence-electron chi connectivity index (χ3n) is 2.42. The molecule has 3 nitrogen and oxygen atoms in total. The number of hydrogen-bond donors (Lipinski definition) is 0. The van der Waals surface area contributed by atoms with E-state index in [1.54, 1.807) is 12.1 Å². The van der Waals surface area contributed by atoms with Crippen molar-refractivity contribution in [1.29, 1.82) is 0 Å². The maximum absolute atomic E-state index is 11.1. The summed E-state index contributed by atoms with van der Waals surface area (Å²) < 4.78 is 28.7. The third kappa shape index (κ3) is 4.23. The third-order valence-corrected chi connectivity index (χ3v) is 4.32. The zero-order valence-electron chi connectivity index (χ0n) is 9.71. The minimum atomic E-state index is -3.68. The standard InChI is InChI=1S/C13H10BrClO3S/c14-11-3-1-10(2-4-11)9-18-12-5-7-13(8-6-12)19(15,16)17/h1-8H,9H2. The molecule has 19 heavy (non-hydrogen) atoms. The molecule has 2 rings (SSSR count). The maximum Gasteiger partial charge on any atom is 0.261 e. The van der Waals surface area contributed by atoms with E-state index in [4.69, 9.17) is 15.4 Å². The van der Waals surface area contributed by atoms with Gasteiger partial charge in [0.2, 0.25) is 0 Å². The Labute approximate surface area is 124 Å². The van der Waals surface area contributed by atoms with Crippen LogP contribution in [0.5, 0.6) is 5.75 Å². The molecule has 0 fully saturated rings. The number of rotatable bonds is 4. The van der Waals surface area contributed by atoms with E-state index in [-0.39, 0.29) is 4.90 Å². The predicted octanol–water partition coefficient (Wildman–Crippen LogP) is 3.96. The zero-order chi connectivity index (χ0) is 13.9. The molecule has 0 atom stereocenters. The Balaban J connectivity index is 2.02. The van der Waals surface area contributed by atoms with Gasteiger partial charge < -0.3 is 4.74 Å². The lowest BCUT2D eigenvalue weighted by Gasteiger charge is -2.06. The van der Waals surface area contributed by atoms with Gasteiger partial charge in [0.05, 0.1) is 4.90 Å². The first-order valence-corrected chi connectivity index (χ1v) is 8.47. The van der Waals surface area contributed by atoms with Crippen molar-refractivity contribution in [2.24, 2.45) is 0 Å². The topological polar surface area (TPSA) is 43.4 Å².